The Morgan fingerprint density at radius 1 is 1.37 bits per heavy atom. The largest absolute Gasteiger partial charge is 0.507 e. The zero-order chi connectivity index (χ0) is 14.4. The fourth-order valence-corrected chi connectivity index (χ4v) is 1.51. The van der Waals surface area contributed by atoms with Crippen LogP contribution in [-0.2, 0) is 9.53 Å². The highest BCUT2D eigenvalue weighted by molar-refractivity contribution is 6.00. The zero-order valence-corrected chi connectivity index (χ0v) is 10.9. The van der Waals surface area contributed by atoms with Gasteiger partial charge in [-0.3, -0.25) is 4.79 Å². The summed E-state index contributed by atoms with van der Waals surface area (Å²) in [5, 5.41) is 9.88. The molecule has 0 aliphatic heterocycles. The van der Waals surface area contributed by atoms with Crippen LogP contribution in [0.1, 0.15) is 22.8 Å². The van der Waals surface area contributed by atoms with Gasteiger partial charge in [-0.1, -0.05) is 0 Å². The van der Waals surface area contributed by atoms with Gasteiger partial charge < -0.3 is 20.3 Å². The number of rotatable bonds is 6. The molecular formula is C13H17NO5. The third-order valence-electron chi connectivity index (χ3n) is 2.52. The number of carbonyl (C=O) groups is 2. The van der Waals surface area contributed by atoms with Crippen LogP contribution in [0.3, 0.4) is 0 Å². The molecule has 1 rings (SSSR count). The Bertz CT molecular complexity index is 484. The summed E-state index contributed by atoms with van der Waals surface area (Å²) in [4.78, 5) is 22.6. The maximum absolute atomic E-state index is 11.4. The summed E-state index contributed by atoms with van der Waals surface area (Å²) in [6.45, 7) is 3.12. The molecule has 1 aromatic rings. The number of ether oxygens (including phenoxy) is 2. The lowest BCUT2D eigenvalue weighted by atomic mass is 10.1. The average molecular weight is 267 g/mol. The number of esters is 1. The summed E-state index contributed by atoms with van der Waals surface area (Å²) in [5.41, 5.74) is 5.76. The second-order valence-corrected chi connectivity index (χ2v) is 3.81. The number of hydrogen-bond acceptors (Lipinski definition) is 6. The van der Waals surface area contributed by atoms with Crippen LogP contribution in [0.15, 0.2) is 12.1 Å². The molecule has 0 saturated heterocycles. The van der Waals surface area contributed by atoms with Gasteiger partial charge in [0.1, 0.15) is 11.5 Å². The highest BCUT2D eigenvalue weighted by Gasteiger charge is 2.15. The number of benzene rings is 1. The minimum Gasteiger partial charge on any atom is -0.507 e. The second-order valence-electron chi connectivity index (χ2n) is 3.81. The zero-order valence-electron chi connectivity index (χ0n) is 10.9. The molecule has 1 aromatic carbocycles. The highest BCUT2D eigenvalue weighted by atomic mass is 16.6. The number of ketones is 1. The number of hydrogen-bond donors (Lipinski definition) is 2. The van der Waals surface area contributed by atoms with E-state index in [2.05, 4.69) is 0 Å². The SMILES string of the molecule is CCOC(=O)COc1ccc(C(=O)CN)c(O)c1C. The molecule has 6 heteroatoms. The summed E-state index contributed by atoms with van der Waals surface area (Å²) >= 11 is 0. The minimum absolute atomic E-state index is 0.142. The lowest BCUT2D eigenvalue weighted by molar-refractivity contribution is -0.145. The van der Waals surface area contributed by atoms with Crippen LogP contribution in [0, 0.1) is 6.92 Å². The lowest BCUT2D eigenvalue weighted by Gasteiger charge is -2.12. The first-order chi connectivity index (χ1) is 9.01. The standard InChI is InChI=1S/C13H17NO5/c1-3-18-12(16)7-19-11-5-4-9(10(15)6-14)13(17)8(11)2/h4-5,17H,3,6-7,14H2,1-2H3. The van der Waals surface area contributed by atoms with Gasteiger partial charge in [-0.25, -0.2) is 4.79 Å². The van der Waals surface area contributed by atoms with Crippen molar-refractivity contribution in [1.82, 2.24) is 0 Å². The Balaban J connectivity index is 2.85. The monoisotopic (exact) mass is 267 g/mol. The summed E-state index contributed by atoms with van der Waals surface area (Å²) in [6.07, 6.45) is 0. The van der Waals surface area contributed by atoms with Gasteiger partial charge >= 0.3 is 5.97 Å². The molecule has 0 aliphatic rings. The van der Waals surface area contributed by atoms with E-state index in [0.29, 0.717) is 11.3 Å². The first-order valence-electron chi connectivity index (χ1n) is 5.85. The topological polar surface area (TPSA) is 98.9 Å². The van der Waals surface area contributed by atoms with Crippen LogP contribution in [0.25, 0.3) is 0 Å². The van der Waals surface area contributed by atoms with E-state index in [1.54, 1.807) is 13.8 Å². The molecule has 19 heavy (non-hydrogen) atoms. The fraction of sp³-hybridized carbons (Fsp3) is 0.385. The molecule has 0 radical (unpaired) electrons. The van der Waals surface area contributed by atoms with Gasteiger partial charge in [-0.05, 0) is 26.0 Å². The van der Waals surface area contributed by atoms with E-state index in [-0.39, 0.29) is 36.9 Å². The Morgan fingerprint density at radius 2 is 2.05 bits per heavy atom. The number of carbonyl (C=O) groups excluding carboxylic acids is 2. The molecule has 0 spiro atoms. The van der Waals surface area contributed by atoms with Crippen LogP contribution in [0.4, 0.5) is 0 Å². The van der Waals surface area contributed by atoms with E-state index in [1.165, 1.54) is 12.1 Å². The molecule has 0 aromatic heterocycles. The van der Waals surface area contributed by atoms with Gasteiger partial charge in [-0.2, -0.15) is 0 Å². The van der Waals surface area contributed by atoms with E-state index in [9.17, 15) is 14.7 Å². The van der Waals surface area contributed by atoms with Crippen molar-refractivity contribution in [3.63, 3.8) is 0 Å². The molecule has 0 unspecified atom stereocenters. The smallest absolute Gasteiger partial charge is 0.344 e. The molecular weight excluding hydrogens is 250 g/mol. The second kappa shape index (κ2) is 6.75. The van der Waals surface area contributed by atoms with Crippen LogP contribution in [0.5, 0.6) is 11.5 Å². The third-order valence-corrected chi connectivity index (χ3v) is 2.52. The van der Waals surface area contributed by atoms with Crippen molar-refractivity contribution in [2.24, 2.45) is 5.73 Å². The number of phenols is 1. The van der Waals surface area contributed by atoms with Gasteiger partial charge in [-0.15, -0.1) is 0 Å². The molecule has 0 fully saturated rings. The quantitative estimate of drug-likeness (QED) is 0.584. The van der Waals surface area contributed by atoms with Crippen molar-refractivity contribution in [3.8, 4) is 11.5 Å². The first kappa shape index (κ1) is 15.0. The predicted octanol–water partition coefficient (Wildman–Crippen LogP) is 0.784. The predicted molar refractivity (Wildman–Crippen MR) is 68.4 cm³/mol. The van der Waals surface area contributed by atoms with Crippen LogP contribution in [0.2, 0.25) is 0 Å². The van der Waals surface area contributed by atoms with Crippen LogP contribution < -0.4 is 10.5 Å². The Labute approximate surface area is 111 Å². The number of nitrogens with two attached hydrogens (primary N) is 1. The van der Waals surface area contributed by atoms with E-state index >= 15 is 0 Å². The van der Waals surface area contributed by atoms with Gasteiger partial charge in [0, 0.05) is 5.56 Å². The maximum atomic E-state index is 11.4. The summed E-state index contributed by atoms with van der Waals surface area (Å²) < 4.78 is 9.94. The van der Waals surface area contributed by atoms with E-state index in [1.807, 2.05) is 0 Å². The van der Waals surface area contributed by atoms with Crippen LogP contribution >= 0.6 is 0 Å². The van der Waals surface area contributed by atoms with Gasteiger partial charge in [0.05, 0.1) is 18.7 Å². The van der Waals surface area contributed by atoms with Crippen LogP contribution in [-0.4, -0.2) is 36.6 Å². The highest BCUT2D eigenvalue weighted by Crippen LogP contribution is 2.30. The third kappa shape index (κ3) is 3.69. The van der Waals surface area contributed by atoms with E-state index < -0.39 is 5.97 Å². The molecule has 3 N–H and O–H groups in total. The van der Waals surface area contributed by atoms with E-state index in [0.717, 1.165) is 0 Å². The molecule has 0 aliphatic carbocycles. The number of Topliss-reactive ketones (excluding diaryl/α,β-unsaturated/α-hetero) is 1. The molecule has 0 atom stereocenters. The lowest BCUT2D eigenvalue weighted by Crippen LogP contribution is -2.16. The minimum atomic E-state index is -0.497. The van der Waals surface area contributed by atoms with Crippen molar-refractivity contribution >= 4 is 11.8 Å². The normalized spacial score (nSPS) is 10.1. The average Bonchev–Trinajstić information content (AvgIpc) is 2.40. The number of phenolic OH excluding ortho intramolecular Hbond substituents is 1. The summed E-state index contributed by atoms with van der Waals surface area (Å²) in [6, 6.07) is 2.93. The molecule has 104 valence electrons. The Hall–Kier alpha value is -2.08. The maximum Gasteiger partial charge on any atom is 0.344 e. The number of aromatic hydroxyl groups is 1. The Morgan fingerprint density at radius 3 is 2.63 bits per heavy atom. The molecule has 0 amide bonds. The van der Waals surface area contributed by atoms with Crippen molar-refractivity contribution in [2.75, 3.05) is 19.8 Å². The van der Waals surface area contributed by atoms with Gasteiger partial charge in [0.15, 0.2) is 12.4 Å². The van der Waals surface area contributed by atoms with Crippen molar-refractivity contribution in [3.05, 3.63) is 23.3 Å². The Kier molecular flexibility index (Phi) is 5.32. The van der Waals surface area contributed by atoms with E-state index in [4.69, 9.17) is 15.2 Å². The molecule has 0 saturated carbocycles. The van der Waals surface area contributed by atoms with Gasteiger partial charge in [0.2, 0.25) is 0 Å². The van der Waals surface area contributed by atoms with Crippen molar-refractivity contribution in [2.45, 2.75) is 13.8 Å². The first-order valence-corrected chi connectivity index (χ1v) is 5.85. The van der Waals surface area contributed by atoms with Gasteiger partial charge in [0.25, 0.3) is 0 Å². The summed E-state index contributed by atoms with van der Waals surface area (Å²) in [7, 11) is 0. The van der Waals surface area contributed by atoms with Crippen molar-refractivity contribution in [1.29, 1.82) is 0 Å². The molecule has 0 bridgehead atoms. The van der Waals surface area contributed by atoms with Crippen molar-refractivity contribution < 1.29 is 24.2 Å². The molecule has 0 heterocycles. The fourth-order valence-electron chi connectivity index (χ4n) is 1.51. The summed E-state index contributed by atoms with van der Waals surface area (Å²) in [5.74, 6) is -0.725. The molecule has 6 nitrogen and oxygen atoms in total.